The average molecular weight is 486 g/mol. The minimum atomic E-state index is -5.08. The highest BCUT2D eigenvalue weighted by molar-refractivity contribution is 5.73. The number of halogens is 6. The largest absolute Gasteiger partial charge is 0.490 e. The van der Waals surface area contributed by atoms with Gasteiger partial charge in [-0.05, 0) is 30.5 Å². The maximum atomic E-state index is 10.6. The van der Waals surface area contributed by atoms with Crippen molar-refractivity contribution >= 4 is 11.9 Å². The maximum absolute atomic E-state index is 10.6. The number of carboxylic acid groups (broad SMARTS) is 2. The van der Waals surface area contributed by atoms with Crippen molar-refractivity contribution in [3.05, 3.63) is 54.2 Å². The molecule has 0 saturated carbocycles. The molecule has 14 heteroatoms. The van der Waals surface area contributed by atoms with Crippen LogP contribution in [0.5, 0.6) is 0 Å². The van der Waals surface area contributed by atoms with E-state index in [9.17, 15) is 31.4 Å². The Balaban J connectivity index is 0.000000324. The van der Waals surface area contributed by atoms with Crippen molar-refractivity contribution in [1.29, 1.82) is 0 Å². The summed E-state index contributed by atoms with van der Waals surface area (Å²) in [5.74, 6) is -5.51. The fraction of sp³-hybridized carbons (Fsp3) is 0.421. The van der Waals surface area contributed by atoms with Gasteiger partial charge in [0.15, 0.2) is 0 Å². The summed E-state index contributed by atoms with van der Waals surface area (Å²) in [5, 5.41) is 24.4. The fourth-order valence-electron chi connectivity index (χ4n) is 2.74. The predicted molar refractivity (Wildman–Crippen MR) is 98.9 cm³/mol. The number of likely N-dealkylation sites (tertiary alicyclic amines) is 1. The lowest BCUT2D eigenvalue weighted by atomic mass is 10.0. The van der Waals surface area contributed by atoms with Gasteiger partial charge in [-0.2, -0.15) is 26.3 Å². The van der Waals surface area contributed by atoms with Crippen LogP contribution >= 0.6 is 0 Å². The Hall–Kier alpha value is -3.13. The van der Waals surface area contributed by atoms with Crippen LogP contribution in [0.1, 0.15) is 17.5 Å². The summed E-state index contributed by atoms with van der Waals surface area (Å²) in [7, 11) is 0. The number of aliphatic hydroxyl groups is 1. The van der Waals surface area contributed by atoms with Crippen LogP contribution in [-0.4, -0.2) is 68.2 Å². The number of pyridine rings is 1. The van der Waals surface area contributed by atoms with Crippen LogP contribution in [0.15, 0.2) is 47.5 Å². The third kappa shape index (κ3) is 10.4. The number of carboxylic acids is 2. The number of aliphatic hydroxyl groups excluding tert-OH is 1. The standard InChI is InChI=1S/C15H18N2O2.2C2HF3O2/c18-15-3-6-17(10-13-4-7-19-11-13)14(15)8-12-2-1-5-16-9-12;2*3-2(4,5)1(6)7/h1-2,4-5,7,9,11,14-15,18H,3,6,8,10H2;2*(H,6,7)/t14-,15+;;/m0../s1. The van der Waals surface area contributed by atoms with Gasteiger partial charge in [0, 0.05) is 37.1 Å². The van der Waals surface area contributed by atoms with Crippen molar-refractivity contribution in [1.82, 2.24) is 9.88 Å². The van der Waals surface area contributed by atoms with Gasteiger partial charge in [0.2, 0.25) is 0 Å². The Kier molecular flexibility index (Phi) is 10.3. The summed E-state index contributed by atoms with van der Waals surface area (Å²) in [6.07, 6.45) is -1.63. The molecule has 0 aromatic carbocycles. The third-order valence-corrected chi connectivity index (χ3v) is 4.24. The Bertz CT molecular complexity index is 834. The molecule has 0 spiro atoms. The van der Waals surface area contributed by atoms with Crippen LogP contribution in [0.2, 0.25) is 0 Å². The van der Waals surface area contributed by atoms with Gasteiger partial charge in [-0.1, -0.05) is 6.07 Å². The number of aromatic nitrogens is 1. The van der Waals surface area contributed by atoms with E-state index >= 15 is 0 Å². The Labute approximate surface area is 183 Å². The van der Waals surface area contributed by atoms with Crippen LogP contribution in [0.4, 0.5) is 26.3 Å². The number of carbonyl (C=O) groups is 2. The van der Waals surface area contributed by atoms with Crippen molar-refractivity contribution in [2.45, 2.75) is 43.9 Å². The van der Waals surface area contributed by atoms with Crippen molar-refractivity contribution in [2.24, 2.45) is 0 Å². The number of hydrogen-bond acceptors (Lipinski definition) is 6. The van der Waals surface area contributed by atoms with E-state index in [1.165, 1.54) is 5.56 Å². The van der Waals surface area contributed by atoms with Gasteiger partial charge in [-0.25, -0.2) is 9.59 Å². The molecule has 3 N–H and O–H groups in total. The predicted octanol–water partition coefficient (Wildman–Crippen LogP) is 3.12. The van der Waals surface area contributed by atoms with E-state index in [4.69, 9.17) is 24.2 Å². The molecular weight excluding hydrogens is 466 g/mol. The molecule has 33 heavy (non-hydrogen) atoms. The summed E-state index contributed by atoms with van der Waals surface area (Å²) in [6.45, 7) is 1.76. The summed E-state index contributed by atoms with van der Waals surface area (Å²) in [5.41, 5.74) is 2.33. The number of aliphatic carboxylic acids is 2. The molecule has 2 aromatic heterocycles. The number of alkyl halides is 6. The van der Waals surface area contributed by atoms with E-state index in [0.29, 0.717) is 0 Å². The van der Waals surface area contributed by atoms with Crippen molar-refractivity contribution < 1.29 is 55.7 Å². The second-order valence-electron chi connectivity index (χ2n) is 6.70. The molecule has 1 aliphatic heterocycles. The Morgan fingerprint density at radius 1 is 1.06 bits per heavy atom. The van der Waals surface area contributed by atoms with Gasteiger partial charge in [0.25, 0.3) is 0 Å². The smallest absolute Gasteiger partial charge is 0.475 e. The number of rotatable bonds is 4. The van der Waals surface area contributed by atoms with E-state index in [0.717, 1.165) is 31.5 Å². The monoisotopic (exact) mass is 486 g/mol. The average Bonchev–Trinajstić information content (AvgIpc) is 3.34. The molecule has 184 valence electrons. The molecule has 0 amide bonds. The van der Waals surface area contributed by atoms with Crippen LogP contribution < -0.4 is 0 Å². The quantitative estimate of drug-likeness (QED) is 0.564. The van der Waals surface area contributed by atoms with E-state index in [2.05, 4.69) is 16.0 Å². The first-order valence-corrected chi connectivity index (χ1v) is 9.14. The lowest BCUT2D eigenvalue weighted by molar-refractivity contribution is -0.193. The maximum Gasteiger partial charge on any atom is 0.490 e. The Morgan fingerprint density at radius 3 is 2.06 bits per heavy atom. The molecule has 8 nitrogen and oxygen atoms in total. The molecule has 0 unspecified atom stereocenters. The molecule has 1 aliphatic rings. The van der Waals surface area contributed by atoms with Crippen LogP contribution in [0.3, 0.4) is 0 Å². The summed E-state index contributed by atoms with van der Waals surface area (Å²) in [6, 6.07) is 6.15. The van der Waals surface area contributed by atoms with Gasteiger partial charge in [0.05, 0.1) is 18.6 Å². The number of furan rings is 1. The molecule has 0 radical (unpaired) electrons. The zero-order valence-electron chi connectivity index (χ0n) is 16.8. The molecule has 0 aliphatic carbocycles. The second kappa shape index (κ2) is 12.2. The van der Waals surface area contributed by atoms with Gasteiger partial charge in [-0.15, -0.1) is 0 Å². The van der Waals surface area contributed by atoms with E-state index < -0.39 is 24.3 Å². The first-order valence-electron chi connectivity index (χ1n) is 9.14. The fourth-order valence-corrected chi connectivity index (χ4v) is 2.74. The first-order chi connectivity index (χ1) is 15.2. The molecule has 3 heterocycles. The summed E-state index contributed by atoms with van der Waals surface area (Å²) >= 11 is 0. The zero-order valence-corrected chi connectivity index (χ0v) is 16.8. The molecule has 2 atom stereocenters. The highest BCUT2D eigenvalue weighted by Gasteiger charge is 2.39. The lowest BCUT2D eigenvalue weighted by Gasteiger charge is -2.25. The normalized spacial score (nSPS) is 18.5. The molecule has 3 rings (SSSR count). The number of nitrogens with zero attached hydrogens (tertiary/aromatic N) is 2. The van der Waals surface area contributed by atoms with E-state index in [-0.39, 0.29) is 12.1 Å². The third-order valence-electron chi connectivity index (χ3n) is 4.24. The van der Waals surface area contributed by atoms with Crippen LogP contribution in [0.25, 0.3) is 0 Å². The number of hydrogen-bond donors (Lipinski definition) is 3. The first kappa shape index (κ1) is 27.9. The molecular formula is C19H20F6N2O6. The van der Waals surface area contributed by atoms with Gasteiger partial charge in [-0.3, -0.25) is 9.88 Å². The molecule has 0 bridgehead atoms. The molecule has 2 aromatic rings. The minimum Gasteiger partial charge on any atom is -0.475 e. The minimum absolute atomic E-state index is 0.166. The lowest BCUT2D eigenvalue weighted by Crippen LogP contribution is -2.36. The van der Waals surface area contributed by atoms with Crippen LogP contribution in [0, 0.1) is 0 Å². The van der Waals surface area contributed by atoms with E-state index in [1.54, 1.807) is 18.7 Å². The van der Waals surface area contributed by atoms with E-state index in [1.807, 2.05) is 18.3 Å². The molecule has 1 saturated heterocycles. The van der Waals surface area contributed by atoms with Gasteiger partial charge in [0.1, 0.15) is 0 Å². The summed E-state index contributed by atoms with van der Waals surface area (Å²) < 4.78 is 68.6. The molecule has 1 fully saturated rings. The topological polar surface area (TPSA) is 124 Å². The SMILES string of the molecule is O=C(O)C(F)(F)F.O=C(O)C(F)(F)F.O[C@@H]1CCN(Cc2ccoc2)[C@H]1Cc1cccnc1. The van der Waals surface area contributed by atoms with Gasteiger partial charge < -0.3 is 19.7 Å². The van der Waals surface area contributed by atoms with Crippen molar-refractivity contribution in [2.75, 3.05) is 6.54 Å². The van der Waals surface area contributed by atoms with Crippen molar-refractivity contribution in [3.8, 4) is 0 Å². The second-order valence-corrected chi connectivity index (χ2v) is 6.70. The highest BCUT2D eigenvalue weighted by atomic mass is 19.4. The zero-order chi connectivity index (χ0) is 25.2. The van der Waals surface area contributed by atoms with Gasteiger partial charge >= 0.3 is 24.3 Å². The van der Waals surface area contributed by atoms with Crippen molar-refractivity contribution in [3.63, 3.8) is 0 Å². The Morgan fingerprint density at radius 2 is 1.64 bits per heavy atom. The van der Waals surface area contributed by atoms with Crippen LogP contribution in [-0.2, 0) is 22.6 Å². The summed E-state index contributed by atoms with van der Waals surface area (Å²) in [4.78, 5) is 24.3. The highest BCUT2D eigenvalue weighted by Crippen LogP contribution is 2.24.